The van der Waals surface area contributed by atoms with Gasteiger partial charge in [0.1, 0.15) is 11.3 Å². The minimum absolute atomic E-state index is 0.0112. The van der Waals surface area contributed by atoms with Crippen LogP contribution in [0.25, 0.3) is 11.0 Å². The van der Waals surface area contributed by atoms with Crippen LogP contribution in [-0.4, -0.2) is 21.8 Å². The van der Waals surface area contributed by atoms with Gasteiger partial charge in [-0.3, -0.25) is 9.48 Å². The van der Waals surface area contributed by atoms with Crippen LogP contribution in [0.2, 0.25) is 0 Å². The molecule has 0 aliphatic rings. The molecule has 0 aliphatic carbocycles. The molecule has 0 radical (unpaired) electrons. The van der Waals surface area contributed by atoms with Gasteiger partial charge in [0.05, 0.1) is 23.4 Å². The fourth-order valence-electron chi connectivity index (χ4n) is 2.86. The highest BCUT2D eigenvalue weighted by Crippen LogP contribution is 2.29. The zero-order chi connectivity index (χ0) is 18.1. The van der Waals surface area contributed by atoms with E-state index in [0.717, 1.165) is 22.3 Å². The SMILES string of the molecule is Cc1nn(C)c(C)c1CNC(=O)c1cc(OC(C)C)c2ccoc2c1. The van der Waals surface area contributed by atoms with E-state index in [0.29, 0.717) is 23.4 Å². The molecule has 6 nitrogen and oxygen atoms in total. The van der Waals surface area contributed by atoms with Gasteiger partial charge in [-0.2, -0.15) is 5.10 Å². The van der Waals surface area contributed by atoms with Crippen molar-refractivity contribution in [3.05, 3.63) is 47.0 Å². The Morgan fingerprint density at radius 3 is 2.76 bits per heavy atom. The van der Waals surface area contributed by atoms with Crippen molar-refractivity contribution in [1.29, 1.82) is 0 Å². The van der Waals surface area contributed by atoms with Gasteiger partial charge < -0.3 is 14.5 Å². The largest absolute Gasteiger partial charge is 0.490 e. The third-order valence-electron chi connectivity index (χ3n) is 4.24. The number of hydrogen-bond donors (Lipinski definition) is 1. The second kappa shape index (κ2) is 6.63. The van der Waals surface area contributed by atoms with E-state index in [4.69, 9.17) is 9.15 Å². The molecule has 3 aromatic rings. The summed E-state index contributed by atoms with van der Waals surface area (Å²) in [6.45, 7) is 8.27. The van der Waals surface area contributed by atoms with Crippen molar-refractivity contribution in [3.8, 4) is 5.75 Å². The van der Waals surface area contributed by atoms with E-state index in [1.807, 2.05) is 45.5 Å². The van der Waals surface area contributed by atoms with Crippen LogP contribution < -0.4 is 10.1 Å². The van der Waals surface area contributed by atoms with Crippen LogP contribution in [0.15, 0.2) is 28.9 Å². The molecule has 0 saturated carbocycles. The van der Waals surface area contributed by atoms with Gasteiger partial charge in [-0.25, -0.2) is 0 Å². The molecule has 1 N–H and O–H groups in total. The molecule has 6 heteroatoms. The standard InChI is InChI=1S/C19H23N3O3/c1-11(2)25-18-9-14(8-17-15(18)6-7-24-17)19(23)20-10-16-12(3)21-22(5)13(16)4/h6-9,11H,10H2,1-5H3,(H,20,23). The Balaban J connectivity index is 1.84. The Kier molecular flexibility index (Phi) is 4.53. The highest BCUT2D eigenvalue weighted by molar-refractivity contribution is 5.99. The van der Waals surface area contributed by atoms with Crippen molar-refractivity contribution < 1.29 is 13.9 Å². The second-order valence-corrected chi connectivity index (χ2v) is 6.43. The zero-order valence-electron chi connectivity index (χ0n) is 15.2. The van der Waals surface area contributed by atoms with Crippen LogP contribution in [0, 0.1) is 13.8 Å². The molecule has 132 valence electrons. The van der Waals surface area contributed by atoms with Crippen LogP contribution in [0.5, 0.6) is 5.75 Å². The molecule has 2 heterocycles. The number of benzene rings is 1. The first-order valence-corrected chi connectivity index (χ1v) is 8.32. The van der Waals surface area contributed by atoms with Crippen molar-refractivity contribution in [2.75, 3.05) is 0 Å². The van der Waals surface area contributed by atoms with E-state index < -0.39 is 0 Å². The summed E-state index contributed by atoms with van der Waals surface area (Å²) in [6.07, 6.45) is 1.61. The lowest BCUT2D eigenvalue weighted by molar-refractivity contribution is 0.0950. The minimum atomic E-state index is -0.172. The third-order valence-corrected chi connectivity index (χ3v) is 4.24. The summed E-state index contributed by atoms with van der Waals surface area (Å²) >= 11 is 0. The highest BCUT2D eigenvalue weighted by atomic mass is 16.5. The molecule has 1 aromatic carbocycles. The van der Waals surface area contributed by atoms with Crippen molar-refractivity contribution >= 4 is 16.9 Å². The molecule has 25 heavy (non-hydrogen) atoms. The summed E-state index contributed by atoms with van der Waals surface area (Å²) in [4.78, 5) is 12.6. The van der Waals surface area contributed by atoms with Crippen molar-refractivity contribution in [2.24, 2.45) is 7.05 Å². The van der Waals surface area contributed by atoms with Gasteiger partial charge in [0.25, 0.3) is 5.91 Å². The normalized spacial score (nSPS) is 11.3. The first-order valence-electron chi connectivity index (χ1n) is 8.32. The number of carbonyl (C=O) groups excluding carboxylic acids is 1. The Morgan fingerprint density at radius 2 is 2.12 bits per heavy atom. The Bertz CT molecular complexity index is 922. The summed E-state index contributed by atoms with van der Waals surface area (Å²) < 4.78 is 13.1. The molecule has 0 spiro atoms. The molecule has 0 unspecified atom stereocenters. The first-order chi connectivity index (χ1) is 11.9. The van der Waals surface area contributed by atoms with Crippen molar-refractivity contribution in [1.82, 2.24) is 15.1 Å². The van der Waals surface area contributed by atoms with Gasteiger partial charge in [0.15, 0.2) is 0 Å². The maximum atomic E-state index is 12.6. The number of hydrogen-bond acceptors (Lipinski definition) is 4. The lowest BCUT2D eigenvalue weighted by Crippen LogP contribution is -2.23. The number of aromatic nitrogens is 2. The molecule has 2 aromatic heterocycles. The number of amides is 1. The van der Waals surface area contributed by atoms with Crippen LogP contribution in [0.4, 0.5) is 0 Å². The number of furan rings is 1. The van der Waals surface area contributed by atoms with Gasteiger partial charge >= 0.3 is 0 Å². The summed E-state index contributed by atoms with van der Waals surface area (Å²) in [5.41, 5.74) is 4.15. The van der Waals surface area contributed by atoms with Gasteiger partial charge in [-0.05, 0) is 45.9 Å². The number of fused-ring (bicyclic) bond motifs is 1. The summed E-state index contributed by atoms with van der Waals surface area (Å²) in [5, 5.41) is 8.20. The quantitative estimate of drug-likeness (QED) is 0.771. The molecule has 1 amide bonds. The molecule has 3 rings (SSSR count). The van der Waals surface area contributed by atoms with Gasteiger partial charge in [-0.1, -0.05) is 0 Å². The fourth-order valence-corrected chi connectivity index (χ4v) is 2.86. The lowest BCUT2D eigenvalue weighted by atomic mass is 10.1. The van der Waals surface area contributed by atoms with Crippen LogP contribution in [0.1, 0.15) is 41.2 Å². The van der Waals surface area contributed by atoms with Crippen LogP contribution >= 0.6 is 0 Å². The zero-order valence-corrected chi connectivity index (χ0v) is 15.2. The maximum Gasteiger partial charge on any atom is 0.251 e. The minimum Gasteiger partial charge on any atom is -0.490 e. The summed E-state index contributed by atoms with van der Waals surface area (Å²) in [6, 6.07) is 5.34. The predicted octanol–water partition coefficient (Wildman–Crippen LogP) is 3.50. The predicted molar refractivity (Wildman–Crippen MR) is 95.8 cm³/mol. The number of ether oxygens (including phenoxy) is 1. The summed E-state index contributed by atoms with van der Waals surface area (Å²) in [7, 11) is 1.90. The lowest BCUT2D eigenvalue weighted by Gasteiger charge is -2.12. The first kappa shape index (κ1) is 17.1. The van der Waals surface area contributed by atoms with E-state index in [1.165, 1.54) is 0 Å². The van der Waals surface area contributed by atoms with E-state index in [9.17, 15) is 4.79 Å². The topological polar surface area (TPSA) is 69.3 Å². The molecular weight excluding hydrogens is 318 g/mol. The Morgan fingerprint density at radius 1 is 1.36 bits per heavy atom. The van der Waals surface area contributed by atoms with Gasteiger partial charge in [0, 0.05) is 30.4 Å². The number of carbonyl (C=O) groups is 1. The van der Waals surface area contributed by atoms with Gasteiger partial charge in [-0.15, -0.1) is 0 Å². The van der Waals surface area contributed by atoms with Crippen LogP contribution in [0.3, 0.4) is 0 Å². The molecule has 0 aliphatic heterocycles. The second-order valence-electron chi connectivity index (χ2n) is 6.43. The molecular formula is C19H23N3O3. The maximum absolute atomic E-state index is 12.6. The number of rotatable bonds is 5. The highest BCUT2D eigenvalue weighted by Gasteiger charge is 2.15. The Hall–Kier alpha value is -2.76. The van der Waals surface area contributed by atoms with E-state index >= 15 is 0 Å². The third kappa shape index (κ3) is 3.38. The number of nitrogens with zero attached hydrogens (tertiary/aromatic N) is 2. The monoisotopic (exact) mass is 341 g/mol. The number of nitrogens with one attached hydrogen (secondary N) is 1. The van der Waals surface area contributed by atoms with E-state index in [2.05, 4.69) is 10.4 Å². The molecule has 0 fully saturated rings. The van der Waals surface area contributed by atoms with Crippen molar-refractivity contribution in [3.63, 3.8) is 0 Å². The smallest absolute Gasteiger partial charge is 0.251 e. The molecule has 0 saturated heterocycles. The van der Waals surface area contributed by atoms with Crippen LogP contribution in [-0.2, 0) is 13.6 Å². The van der Waals surface area contributed by atoms with Crippen molar-refractivity contribution in [2.45, 2.75) is 40.3 Å². The summed E-state index contributed by atoms with van der Waals surface area (Å²) in [5.74, 6) is 0.481. The number of aryl methyl sites for hydroxylation is 2. The Labute approximate surface area is 146 Å². The van der Waals surface area contributed by atoms with E-state index in [-0.39, 0.29) is 12.0 Å². The molecule has 0 atom stereocenters. The average Bonchev–Trinajstić information content (AvgIpc) is 3.10. The average molecular weight is 341 g/mol. The fraction of sp³-hybridized carbons (Fsp3) is 0.368. The molecule has 0 bridgehead atoms. The van der Waals surface area contributed by atoms with Gasteiger partial charge in [0.2, 0.25) is 0 Å². The van der Waals surface area contributed by atoms with E-state index in [1.54, 1.807) is 18.4 Å².